The highest BCUT2D eigenvalue weighted by atomic mass is 32.2. The van der Waals surface area contributed by atoms with E-state index in [-0.39, 0.29) is 9.77 Å². The number of nitrogens with one attached hydrogen (secondary N) is 1. The molecular formula is C21H20N2O5S2. The molecule has 7 nitrogen and oxygen atoms in total. The summed E-state index contributed by atoms with van der Waals surface area (Å²) in [6, 6.07) is 14.6. The summed E-state index contributed by atoms with van der Waals surface area (Å²) in [7, 11) is -1.20. The normalized spacial score (nSPS) is 11.0. The van der Waals surface area contributed by atoms with E-state index in [1.165, 1.54) is 32.4 Å². The molecule has 0 unspecified atom stereocenters. The molecule has 9 heteroatoms. The van der Waals surface area contributed by atoms with Crippen molar-refractivity contribution in [2.45, 2.75) is 11.8 Å². The number of aryl methyl sites for hydroxylation is 1. The lowest BCUT2D eigenvalue weighted by Crippen LogP contribution is -2.28. The molecule has 1 amide bonds. The topological polar surface area (TPSA) is 92.8 Å². The standard InChI is InChI=1S/C21H20N2O5S2/c1-14-5-4-6-17(13-14)23(2)30(26,27)18-11-12-29-19(18)20(24)22-16-9-7-15(8-10-16)21(25)28-3/h4-13H,1-3H3,(H,22,24). The van der Waals surface area contributed by atoms with Gasteiger partial charge in [-0.2, -0.15) is 0 Å². The maximum absolute atomic E-state index is 13.1. The minimum Gasteiger partial charge on any atom is -0.465 e. The maximum Gasteiger partial charge on any atom is 0.337 e. The number of anilines is 2. The van der Waals surface area contributed by atoms with Crippen LogP contribution in [0.3, 0.4) is 0 Å². The van der Waals surface area contributed by atoms with Crippen LogP contribution in [0.1, 0.15) is 25.6 Å². The second kappa shape index (κ2) is 8.68. The van der Waals surface area contributed by atoms with Gasteiger partial charge >= 0.3 is 5.97 Å². The molecule has 3 rings (SSSR count). The number of methoxy groups -OCH3 is 1. The molecule has 0 fully saturated rings. The molecule has 1 N–H and O–H groups in total. The Balaban J connectivity index is 1.85. The lowest BCUT2D eigenvalue weighted by molar-refractivity contribution is 0.0600. The Bertz CT molecular complexity index is 1180. The van der Waals surface area contributed by atoms with E-state index in [4.69, 9.17) is 0 Å². The summed E-state index contributed by atoms with van der Waals surface area (Å²) in [5.41, 5.74) is 2.20. The summed E-state index contributed by atoms with van der Waals surface area (Å²) in [6.45, 7) is 1.87. The second-order valence-electron chi connectivity index (χ2n) is 6.45. The largest absolute Gasteiger partial charge is 0.465 e. The SMILES string of the molecule is COC(=O)c1ccc(NC(=O)c2sccc2S(=O)(=O)N(C)c2cccc(C)c2)cc1. The molecule has 0 bridgehead atoms. The first kappa shape index (κ1) is 21.5. The van der Waals surface area contributed by atoms with Crippen molar-refractivity contribution in [2.75, 3.05) is 23.8 Å². The number of esters is 1. The van der Waals surface area contributed by atoms with Crippen molar-refractivity contribution in [3.8, 4) is 0 Å². The molecule has 0 saturated heterocycles. The number of amides is 1. The van der Waals surface area contributed by atoms with Gasteiger partial charge < -0.3 is 10.1 Å². The van der Waals surface area contributed by atoms with E-state index in [0.717, 1.165) is 21.2 Å². The number of rotatable bonds is 6. The molecule has 2 aromatic carbocycles. The number of benzene rings is 2. The fourth-order valence-electron chi connectivity index (χ4n) is 2.77. The van der Waals surface area contributed by atoms with E-state index in [1.807, 2.05) is 13.0 Å². The van der Waals surface area contributed by atoms with Gasteiger partial charge in [-0.3, -0.25) is 9.10 Å². The van der Waals surface area contributed by atoms with Crippen LogP contribution in [0.2, 0.25) is 0 Å². The number of hydrogen-bond donors (Lipinski definition) is 1. The van der Waals surface area contributed by atoms with E-state index < -0.39 is 21.9 Å². The number of hydrogen-bond acceptors (Lipinski definition) is 6. The zero-order valence-electron chi connectivity index (χ0n) is 16.6. The Labute approximate surface area is 179 Å². The summed E-state index contributed by atoms with van der Waals surface area (Å²) >= 11 is 1.04. The summed E-state index contributed by atoms with van der Waals surface area (Å²) < 4.78 is 32.1. The van der Waals surface area contributed by atoms with Crippen molar-refractivity contribution >= 4 is 44.6 Å². The van der Waals surface area contributed by atoms with Crippen LogP contribution in [0.15, 0.2) is 64.9 Å². The summed E-state index contributed by atoms with van der Waals surface area (Å²) in [4.78, 5) is 24.3. The molecule has 156 valence electrons. The van der Waals surface area contributed by atoms with Gasteiger partial charge in [-0.05, 0) is 60.3 Å². The van der Waals surface area contributed by atoms with Crippen LogP contribution in [-0.2, 0) is 14.8 Å². The van der Waals surface area contributed by atoms with Crippen molar-refractivity contribution in [1.82, 2.24) is 0 Å². The third kappa shape index (κ3) is 4.37. The van der Waals surface area contributed by atoms with Crippen molar-refractivity contribution < 1.29 is 22.7 Å². The van der Waals surface area contributed by atoms with Crippen molar-refractivity contribution in [2.24, 2.45) is 0 Å². The fraction of sp³-hybridized carbons (Fsp3) is 0.143. The lowest BCUT2D eigenvalue weighted by atomic mass is 10.2. The first-order valence-electron chi connectivity index (χ1n) is 8.87. The highest BCUT2D eigenvalue weighted by Crippen LogP contribution is 2.29. The molecule has 0 aliphatic heterocycles. The molecule has 0 saturated carbocycles. The highest BCUT2D eigenvalue weighted by molar-refractivity contribution is 7.93. The minimum absolute atomic E-state index is 0.0693. The van der Waals surface area contributed by atoms with Crippen molar-refractivity contribution in [3.63, 3.8) is 0 Å². The van der Waals surface area contributed by atoms with Gasteiger partial charge in [0.2, 0.25) is 0 Å². The average molecular weight is 445 g/mol. The Morgan fingerprint density at radius 2 is 1.77 bits per heavy atom. The first-order chi connectivity index (χ1) is 14.2. The Kier molecular flexibility index (Phi) is 6.23. The minimum atomic E-state index is -3.93. The molecule has 0 aliphatic carbocycles. The number of carbonyl (C=O) groups is 2. The van der Waals surface area contributed by atoms with E-state index in [2.05, 4.69) is 10.1 Å². The molecule has 0 spiro atoms. The van der Waals surface area contributed by atoms with Gasteiger partial charge in [0.15, 0.2) is 0 Å². The molecule has 1 aromatic heterocycles. The molecule has 0 radical (unpaired) electrons. The zero-order valence-corrected chi connectivity index (χ0v) is 18.2. The van der Waals surface area contributed by atoms with Crippen LogP contribution in [0, 0.1) is 6.92 Å². The van der Waals surface area contributed by atoms with Gasteiger partial charge in [0.05, 0.1) is 18.4 Å². The fourth-order valence-corrected chi connectivity index (χ4v) is 5.25. The Hall–Kier alpha value is -3.17. The van der Waals surface area contributed by atoms with E-state index in [1.54, 1.807) is 35.7 Å². The zero-order chi connectivity index (χ0) is 21.9. The average Bonchev–Trinajstić information content (AvgIpc) is 3.24. The third-order valence-electron chi connectivity index (χ3n) is 4.40. The molecule has 1 heterocycles. The number of ether oxygens (including phenoxy) is 1. The monoisotopic (exact) mass is 444 g/mol. The summed E-state index contributed by atoms with van der Waals surface area (Å²) in [5.74, 6) is -1.04. The number of carbonyl (C=O) groups excluding carboxylic acids is 2. The Morgan fingerprint density at radius 1 is 1.07 bits per heavy atom. The maximum atomic E-state index is 13.1. The number of nitrogens with zero attached hydrogens (tertiary/aromatic N) is 1. The van der Waals surface area contributed by atoms with Crippen molar-refractivity contribution in [1.29, 1.82) is 0 Å². The second-order valence-corrected chi connectivity index (χ2v) is 9.30. The third-order valence-corrected chi connectivity index (χ3v) is 7.27. The molecule has 30 heavy (non-hydrogen) atoms. The first-order valence-corrected chi connectivity index (χ1v) is 11.2. The molecule has 0 aliphatic rings. The van der Waals surface area contributed by atoms with Crippen LogP contribution in [0.5, 0.6) is 0 Å². The predicted octanol–water partition coefficient (Wildman–Crippen LogP) is 3.92. The molecule has 0 atom stereocenters. The lowest BCUT2D eigenvalue weighted by Gasteiger charge is -2.20. The summed E-state index contributed by atoms with van der Waals surface area (Å²) in [6.07, 6.45) is 0. The summed E-state index contributed by atoms with van der Waals surface area (Å²) in [5, 5.41) is 4.23. The molecular weight excluding hydrogens is 424 g/mol. The quantitative estimate of drug-likeness (QED) is 0.582. The van der Waals surface area contributed by atoms with Gasteiger partial charge in [0.25, 0.3) is 15.9 Å². The Morgan fingerprint density at radius 3 is 2.40 bits per heavy atom. The number of thiophene rings is 1. The number of sulfonamides is 1. The van der Waals surface area contributed by atoms with Crippen LogP contribution in [-0.4, -0.2) is 34.5 Å². The smallest absolute Gasteiger partial charge is 0.337 e. The van der Waals surface area contributed by atoms with Gasteiger partial charge in [-0.1, -0.05) is 12.1 Å². The van der Waals surface area contributed by atoms with Crippen LogP contribution in [0.4, 0.5) is 11.4 Å². The van der Waals surface area contributed by atoms with E-state index in [9.17, 15) is 18.0 Å². The highest BCUT2D eigenvalue weighted by Gasteiger charge is 2.28. The van der Waals surface area contributed by atoms with Gasteiger partial charge in [0.1, 0.15) is 9.77 Å². The van der Waals surface area contributed by atoms with E-state index in [0.29, 0.717) is 16.9 Å². The predicted molar refractivity (Wildman–Crippen MR) is 117 cm³/mol. The molecule has 3 aromatic rings. The van der Waals surface area contributed by atoms with Crippen molar-refractivity contribution in [3.05, 3.63) is 76.0 Å². The van der Waals surface area contributed by atoms with Crippen LogP contribution >= 0.6 is 11.3 Å². The van der Waals surface area contributed by atoms with Gasteiger partial charge in [-0.25, -0.2) is 13.2 Å². The van der Waals surface area contributed by atoms with Gasteiger partial charge in [-0.15, -0.1) is 11.3 Å². The van der Waals surface area contributed by atoms with E-state index >= 15 is 0 Å². The van der Waals surface area contributed by atoms with Crippen LogP contribution in [0.25, 0.3) is 0 Å². The van der Waals surface area contributed by atoms with Gasteiger partial charge in [0, 0.05) is 12.7 Å². The van der Waals surface area contributed by atoms with Crippen LogP contribution < -0.4 is 9.62 Å².